The van der Waals surface area contributed by atoms with E-state index in [2.05, 4.69) is 29.5 Å². The fraction of sp³-hybridized carbons (Fsp3) is 0.690. The van der Waals surface area contributed by atoms with E-state index in [1.807, 2.05) is 94.2 Å². The summed E-state index contributed by atoms with van der Waals surface area (Å²) in [7, 11) is 8.66. The van der Waals surface area contributed by atoms with Gasteiger partial charge in [-0.3, -0.25) is 24.1 Å². The number of methoxy groups -OCH3 is 2. The molecule has 12 nitrogen and oxygen atoms in total. The molecule has 1 aromatic carbocycles. The molecule has 2 N–H and O–H groups in total. The molecule has 1 aliphatic rings. The number of carbonyl (C=O) groups excluding carboxylic acids is 4. The van der Waals surface area contributed by atoms with E-state index in [1.165, 1.54) is 11.3 Å². The lowest BCUT2D eigenvalue weighted by atomic mass is 9.89. The Kier molecular flexibility index (Phi) is 18.2. The van der Waals surface area contributed by atoms with Gasteiger partial charge in [0.2, 0.25) is 23.6 Å². The smallest absolute Gasteiger partial charge is 0.245 e. The largest absolute Gasteiger partial charge is 0.379 e. The number of likely N-dealkylation sites (N-methyl/N-ethyl adjacent to an activating group) is 2. The third-order valence-corrected chi connectivity index (χ3v) is 12.2. The van der Waals surface area contributed by atoms with Crippen molar-refractivity contribution in [2.75, 3.05) is 41.9 Å². The number of carbonyl (C=O) groups is 4. The third kappa shape index (κ3) is 12.1. The maximum atomic E-state index is 14.3. The number of nitrogens with zero attached hydrogens (tertiary/aromatic N) is 4. The maximum absolute atomic E-state index is 14.3. The van der Waals surface area contributed by atoms with Crippen molar-refractivity contribution >= 4 is 35.0 Å². The molecule has 0 bridgehead atoms. The molecule has 1 aliphatic heterocycles. The van der Waals surface area contributed by atoms with E-state index in [4.69, 9.17) is 9.47 Å². The minimum absolute atomic E-state index is 0.00751. The number of likely N-dealkylation sites (tertiary alicyclic amines) is 1. The molecule has 2 aromatic rings. The first-order chi connectivity index (χ1) is 26.1. The van der Waals surface area contributed by atoms with Crippen molar-refractivity contribution in [1.82, 2.24) is 30.3 Å². The molecule has 55 heavy (non-hydrogen) atoms. The summed E-state index contributed by atoms with van der Waals surface area (Å²) in [5.74, 6) is -1.35. The van der Waals surface area contributed by atoms with Crippen molar-refractivity contribution in [3.63, 3.8) is 0 Å². The molecule has 0 spiro atoms. The van der Waals surface area contributed by atoms with E-state index >= 15 is 0 Å². The summed E-state index contributed by atoms with van der Waals surface area (Å²) in [5, 5.41) is 9.02. The van der Waals surface area contributed by atoms with Crippen molar-refractivity contribution in [2.24, 2.45) is 23.7 Å². The highest BCUT2D eigenvalue weighted by Crippen LogP contribution is 2.30. The molecule has 0 saturated carbocycles. The molecular weight excluding hydrogens is 717 g/mol. The highest BCUT2D eigenvalue weighted by molar-refractivity contribution is 7.09. The summed E-state index contributed by atoms with van der Waals surface area (Å²) >= 11 is 1.51. The van der Waals surface area contributed by atoms with Gasteiger partial charge in [-0.25, -0.2) is 4.98 Å². The predicted molar refractivity (Wildman–Crippen MR) is 218 cm³/mol. The van der Waals surface area contributed by atoms with E-state index in [1.54, 1.807) is 32.4 Å². The average molecular weight is 785 g/mol. The van der Waals surface area contributed by atoms with Crippen LogP contribution in [0.1, 0.15) is 90.8 Å². The third-order valence-electron chi connectivity index (χ3n) is 11.3. The van der Waals surface area contributed by atoms with Gasteiger partial charge in [0.1, 0.15) is 11.0 Å². The number of amides is 4. The SMILES string of the molecule is CC[C@H](C)[C@H]([C@@H](CC(=O)N1CCC[C@@H]1[C@H](OC)[C@@H](C)C(=O)N[C@@H](Cc1ccccc1)c1nccs1)OC)N(C)C(=O)[C@H](NC(=O)[C@@H](C(C)C)N(C)C)C(C)C. The number of ether oxygens (including phenoxy) is 2. The molecule has 13 heteroatoms. The summed E-state index contributed by atoms with van der Waals surface area (Å²) in [4.78, 5) is 65.8. The first-order valence-corrected chi connectivity index (χ1v) is 20.8. The molecule has 0 aliphatic carbocycles. The number of thiazole rings is 1. The fourth-order valence-corrected chi connectivity index (χ4v) is 8.86. The molecular formula is C42H68N6O6S. The van der Waals surface area contributed by atoms with E-state index in [9.17, 15) is 19.2 Å². The van der Waals surface area contributed by atoms with Gasteiger partial charge in [-0.1, -0.05) is 85.2 Å². The van der Waals surface area contributed by atoms with Gasteiger partial charge in [0, 0.05) is 39.4 Å². The van der Waals surface area contributed by atoms with Gasteiger partial charge in [-0.2, -0.15) is 0 Å². The minimum Gasteiger partial charge on any atom is -0.379 e. The molecule has 1 saturated heterocycles. The van der Waals surface area contributed by atoms with Crippen molar-refractivity contribution < 1.29 is 28.7 Å². The zero-order chi connectivity index (χ0) is 41.0. The Hall–Kier alpha value is -3.39. The molecule has 308 valence electrons. The van der Waals surface area contributed by atoms with Crippen LogP contribution in [0, 0.1) is 23.7 Å². The second-order valence-electron chi connectivity index (χ2n) is 16.1. The lowest BCUT2D eigenvalue weighted by Crippen LogP contribution is -2.59. The van der Waals surface area contributed by atoms with Gasteiger partial charge < -0.3 is 29.9 Å². The second kappa shape index (κ2) is 21.8. The van der Waals surface area contributed by atoms with E-state index in [0.29, 0.717) is 19.4 Å². The standard InChI is InChI=1S/C42H68N6O6S/c1-13-28(6)37(47(10)42(52)35(26(2)3)45-40(51)36(27(4)5)46(8)9)33(53-11)25-34(49)48-22-17-20-32(48)38(54-12)29(7)39(50)44-31(41-43-21-23-55-41)24-30-18-15-14-16-19-30/h14-16,18-19,21,23,26-29,31-33,35-38H,13,17,20,22,24-25H2,1-12H3,(H,44,50)(H,45,51)/t28-,29+,31-,32+,33+,35+,36+,37+,38+/m0/s1. The lowest BCUT2D eigenvalue weighted by Gasteiger charge is -2.41. The fourth-order valence-electron chi connectivity index (χ4n) is 8.17. The number of rotatable bonds is 21. The van der Waals surface area contributed by atoms with E-state index in [-0.39, 0.29) is 65.9 Å². The van der Waals surface area contributed by atoms with Gasteiger partial charge in [0.05, 0.1) is 48.7 Å². The van der Waals surface area contributed by atoms with Crippen LogP contribution in [0.3, 0.4) is 0 Å². The van der Waals surface area contributed by atoms with Crippen molar-refractivity contribution in [1.29, 1.82) is 0 Å². The quantitative estimate of drug-likeness (QED) is 0.177. The Balaban J connectivity index is 1.79. The van der Waals surface area contributed by atoms with Crippen LogP contribution in [-0.2, 0) is 35.1 Å². The minimum atomic E-state index is -0.751. The lowest BCUT2D eigenvalue weighted by molar-refractivity contribution is -0.148. The Labute approximate surface area is 334 Å². The van der Waals surface area contributed by atoms with Crippen LogP contribution in [-0.4, -0.2) is 122 Å². The van der Waals surface area contributed by atoms with Gasteiger partial charge in [0.25, 0.3) is 0 Å². The second-order valence-corrected chi connectivity index (χ2v) is 17.0. The summed E-state index contributed by atoms with van der Waals surface area (Å²) in [6, 6.07) is 7.83. The summed E-state index contributed by atoms with van der Waals surface area (Å²) in [6.45, 7) is 14.3. The molecule has 1 fully saturated rings. The van der Waals surface area contributed by atoms with Crippen LogP contribution >= 0.6 is 11.3 Å². The summed E-state index contributed by atoms with van der Waals surface area (Å²) in [5.41, 5.74) is 1.09. The number of hydrogen-bond acceptors (Lipinski definition) is 9. The molecule has 0 unspecified atom stereocenters. The first-order valence-electron chi connectivity index (χ1n) is 19.9. The van der Waals surface area contributed by atoms with Gasteiger partial charge >= 0.3 is 0 Å². The predicted octanol–water partition coefficient (Wildman–Crippen LogP) is 5.19. The number of aromatic nitrogens is 1. The van der Waals surface area contributed by atoms with E-state index in [0.717, 1.165) is 23.4 Å². The summed E-state index contributed by atoms with van der Waals surface area (Å²) in [6.07, 6.45) is 3.49. The van der Waals surface area contributed by atoms with Crippen LogP contribution in [0.5, 0.6) is 0 Å². The number of benzene rings is 1. The summed E-state index contributed by atoms with van der Waals surface area (Å²) < 4.78 is 12.1. The van der Waals surface area contributed by atoms with Crippen LogP contribution in [0.4, 0.5) is 0 Å². The first kappa shape index (κ1) is 46.0. The average Bonchev–Trinajstić information content (AvgIpc) is 3.87. The van der Waals surface area contributed by atoms with Crippen LogP contribution < -0.4 is 10.6 Å². The zero-order valence-electron chi connectivity index (χ0n) is 35.3. The Morgan fingerprint density at radius 2 is 1.62 bits per heavy atom. The Bertz CT molecular complexity index is 1480. The molecule has 9 atom stereocenters. The zero-order valence-corrected chi connectivity index (χ0v) is 36.1. The van der Waals surface area contributed by atoms with Gasteiger partial charge in [-0.15, -0.1) is 11.3 Å². The van der Waals surface area contributed by atoms with Crippen LogP contribution in [0.25, 0.3) is 0 Å². The van der Waals surface area contributed by atoms with Crippen molar-refractivity contribution in [3.8, 4) is 0 Å². The van der Waals surface area contributed by atoms with Gasteiger partial charge in [0.15, 0.2) is 0 Å². The highest BCUT2D eigenvalue weighted by atomic mass is 32.1. The topological polar surface area (TPSA) is 133 Å². The Morgan fingerprint density at radius 1 is 0.945 bits per heavy atom. The van der Waals surface area contributed by atoms with Crippen molar-refractivity contribution in [2.45, 2.75) is 123 Å². The Morgan fingerprint density at radius 3 is 2.15 bits per heavy atom. The maximum Gasteiger partial charge on any atom is 0.245 e. The molecule has 0 radical (unpaired) electrons. The van der Waals surface area contributed by atoms with Crippen LogP contribution in [0.15, 0.2) is 41.9 Å². The van der Waals surface area contributed by atoms with Crippen LogP contribution in [0.2, 0.25) is 0 Å². The number of nitrogens with one attached hydrogen (secondary N) is 2. The molecule has 3 rings (SSSR count). The molecule has 2 heterocycles. The monoisotopic (exact) mass is 784 g/mol. The highest BCUT2D eigenvalue weighted by Gasteiger charge is 2.43. The normalized spacial score (nSPS) is 19.0. The van der Waals surface area contributed by atoms with E-state index < -0.39 is 30.2 Å². The molecule has 4 amide bonds. The van der Waals surface area contributed by atoms with Gasteiger partial charge in [-0.05, 0) is 56.7 Å². The molecule has 1 aromatic heterocycles. The van der Waals surface area contributed by atoms with Crippen molar-refractivity contribution in [3.05, 3.63) is 52.5 Å². The number of hydrogen-bond donors (Lipinski definition) is 2.